The predicted molar refractivity (Wildman–Crippen MR) is 90.1 cm³/mol. The van der Waals surface area contributed by atoms with Crippen LogP contribution in [0.4, 0.5) is 0 Å². The summed E-state index contributed by atoms with van der Waals surface area (Å²) in [5.41, 5.74) is 2.59. The first-order valence-corrected chi connectivity index (χ1v) is 7.84. The molecule has 0 unspecified atom stereocenters. The van der Waals surface area contributed by atoms with Gasteiger partial charge in [-0.1, -0.05) is 18.2 Å². The zero-order valence-electron chi connectivity index (χ0n) is 13.9. The molecule has 0 aliphatic rings. The van der Waals surface area contributed by atoms with Crippen molar-refractivity contribution in [1.29, 1.82) is 0 Å². The molecule has 0 spiro atoms. The van der Waals surface area contributed by atoms with E-state index in [0.717, 1.165) is 16.9 Å². The summed E-state index contributed by atoms with van der Waals surface area (Å²) in [6.45, 7) is 5.07. The summed E-state index contributed by atoms with van der Waals surface area (Å²) >= 11 is 0. The van der Waals surface area contributed by atoms with Gasteiger partial charge in [0.25, 0.3) is 5.91 Å². The molecule has 2 N–H and O–H groups in total. The van der Waals surface area contributed by atoms with Gasteiger partial charge in [0.1, 0.15) is 18.6 Å². The molecule has 6 nitrogen and oxygen atoms in total. The van der Waals surface area contributed by atoms with E-state index in [1.54, 1.807) is 6.07 Å². The quantitative estimate of drug-likeness (QED) is 0.727. The predicted octanol–water partition coefficient (Wildman–Crippen LogP) is 2.21. The molecule has 2 aromatic rings. The van der Waals surface area contributed by atoms with Crippen molar-refractivity contribution in [2.45, 2.75) is 20.3 Å². The lowest BCUT2D eigenvalue weighted by Gasteiger charge is -2.12. The number of benzene rings is 1. The van der Waals surface area contributed by atoms with Gasteiger partial charge in [-0.3, -0.25) is 9.59 Å². The average molecular weight is 330 g/mol. The first-order chi connectivity index (χ1) is 11.6. The van der Waals surface area contributed by atoms with E-state index in [2.05, 4.69) is 10.6 Å². The van der Waals surface area contributed by atoms with E-state index < -0.39 is 0 Å². The summed E-state index contributed by atoms with van der Waals surface area (Å²) in [6, 6.07) is 7.53. The van der Waals surface area contributed by atoms with Gasteiger partial charge in [0.05, 0.1) is 18.4 Å². The Hall–Kier alpha value is -2.76. The molecule has 0 saturated heterocycles. The highest BCUT2D eigenvalue weighted by Crippen LogP contribution is 2.21. The third-order valence-electron chi connectivity index (χ3n) is 3.50. The molecule has 0 saturated carbocycles. The highest BCUT2D eigenvalue weighted by atomic mass is 16.5. The zero-order valence-corrected chi connectivity index (χ0v) is 13.9. The fourth-order valence-electron chi connectivity index (χ4n) is 2.24. The fourth-order valence-corrected chi connectivity index (χ4v) is 2.24. The third kappa shape index (κ3) is 5.15. The molecule has 0 aliphatic heterocycles. The molecule has 0 bridgehead atoms. The summed E-state index contributed by atoms with van der Waals surface area (Å²) < 4.78 is 10.5. The van der Waals surface area contributed by atoms with Crippen LogP contribution in [0.15, 0.2) is 41.2 Å². The lowest BCUT2D eigenvalue weighted by atomic mass is 10.1. The largest absolute Gasteiger partial charge is 0.491 e. The number of nitrogens with one attached hydrogen (secondary N) is 2. The summed E-state index contributed by atoms with van der Waals surface area (Å²) in [7, 11) is 0. The Labute approximate surface area is 141 Å². The molecule has 0 aliphatic carbocycles. The second-order valence-corrected chi connectivity index (χ2v) is 5.44. The average Bonchev–Trinajstić information content (AvgIpc) is 3.08. The minimum absolute atomic E-state index is 0.132. The van der Waals surface area contributed by atoms with E-state index in [1.165, 1.54) is 12.5 Å². The number of carbonyl (C=O) groups excluding carboxylic acids is 2. The van der Waals surface area contributed by atoms with Crippen LogP contribution in [0.5, 0.6) is 5.75 Å². The topological polar surface area (TPSA) is 80.6 Å². The van der Waals surface area contributed by atoms with Gasteiger partial charge < -0.3 is 19.8 Å². The Morgan fingerprint density at radius 1 is 1.08 bits per heavy atom. The molecule has 128 valence electrons. The van der Waals surface area contributed by atoms with E-state index in [4.69, 9.17) is 9.15 Å². The first kappa shape index (κ1) is 17.6. The number of rotatable bonds is 8. The molecule has 1 aromatic heterocycles. The molecular formula is C18H22N2O4. The maximum Gasteiger partial charge on any atom is 0.254 e. The van der Waals surface area contributed by atoms with Gasteiger partial charge in [-0.25, -0.2) is 0 Å². The van der Waals surface area contributed by atoms with Gasteiger partial charge in [-0.05, 0) is 31.0 Å². The van der Waals surface area contributed by atoms with Gasteiger partial charge in [0, 0.05) is 13.0 Å². The smallest absolute Gasteiger partial charge is 0.254 e. The fraction of sp³-hybridized carbons (Fsp3) is 0.333. The van der Waals surface area contributed by atoms with Crippen molar-refractivity contribution in [2.75, 3.05) is 19.7 Å². The Kier molecular flexibility index (Phi) is 6.42. The first-order valence-electron chi connectivity index (χ1n) is 7.84. The van der Waals surface area contributed by atoms with Crippen molar-refractivity contribution in [3.8, 4) is 5.75 Å². The van der Waals surface area contributed by atoms with E-state index in [0.29, 0.717) is 18.7 Å². The van der Waals surface area contributed by atoms with Crippen molar-refractivity contribution in [1.82, 2.24) is 10.6 Å². The van der Waals surface area contributed by atoms with Crippen LogP contribution in [0.1, 0.15) is 27.9 Å². The number of aryl methyl sites for hydroxylation is 2. The van der Waals surface area contributed by atoms with Crippen molar-refractivity contribution in [2.24, 2.45) is 0 Å². The Morgan fingerprint density at radius 2 is 1.83 bits per heavy atom. The minimum Gasteiger partial charge on any atom is -0.491 e. The highest BCUT2D eigenvalue weighted by Gasteiger charge is 2.08. The summed E-state index contributed by atoms with van der Waals surface area (Å²) in [6.07, 6.45) is 3.01. The second kappa shape index (κ2) is 8.76. The van der Waals surface area contributed by atoms with Crippen LogP contribution in [0.25, 0.3) is 0 Å². The van der Waals surface area contributed by atoms with E-state index in [1.807, 2.05) is 32.0 Å². The Balaban J connectivity index is 1.61. The van der Waals surface area contributed by atoms with Crippen LogP contribution in [0, 0.1) is 13.8 Å². The van der Waals surface area contributed by atoms with Gasteiger partial charge >= 0.3 is 0 Å². The summed E-state index contributed by atoms with van der Waals surface area (Å²) in [5, 5.41) is 5.42. The molecule has 2 amide bonds. The van der Waals surface area contributed by atoms with Crippen molar-refractivity contribution >= 4 is 11.8 Å². The van der Waals surface area contributed by atoms with Gasteiger partial charge in [-0.15, -0.1) is 0 Å². The summed E-state index contributed by atoms with van der Waals surface area (Å²) in [5.74, 6) is 0.474. The number of carbonyl (C=O) groups is 2. The Bertz CT molecular complexity index is 660. The molecule has 0 atom stereocenters. The molecule has 0 radical (unpaired) electrons. The van der Waals surface area contributed by atoms with Gasteiger partial charge in [0.2, 0.25) is 5.91 Å². The number of furan rings is 1. The van der Waals surface area contributed by atoms with Crippen LogP contribution in [0.2, 0.25) is 0 Å². The van der Waals surface area contributed by atoms with E-state index in [-0.39, 0.29) is 24.8 Å². The third-order valence-corrected chi connectivity index (χ3v) is 3.50. The van der Waals surface area contributed by atoms with Gasteiger partial charge in [-0.2, -0.15) is 0 Å². The lowest BCUT2D eigenvalue weighted by Crippen LogP contribution is -2.32. The number of hydrogen-bond donors (Lipinski definition) is 2. The standard InChI is InChI=1S/C18H22N2O4/c1-13-4-3-5-14(2)17(13)24-11-9-19-16(21)6-8-20-18(22)15-7-10-23-12-15/h3-5,7,10,12H,6,8-9,11H2,1-2H3,(H,19,21)(H,20,22). The van der Waals surface area contributed by atoms with Gasteiger partial charge in [0.15, 0.2) is 0 Å². The van der Waals surface area contributed by atoms with E-state index >= 15 is 0 Å². The van der Waals surface area contributed by atoms with Crippen LogP contribution in [-0.2, 0) is 4.79 Å². The zero-order chi connectivity index (χ0) is 17.4. The molecule has 6 heteroatoms. The molecule has 1 aromatic carbocycles. The summed E-state index contributed by atoms with van der Waals surface area (Å²) in [4.78, 5) is 23.4. The lowest BCUT2D eigenvalue weighted by molar-refractivity contribution is -0.121. The SMILES string of the molecule is Cc1cccc(C)c1OCCNC(=O)CCNC(=O)c1ccoc1. The van der Waals surface area contributed by atoms with Crippen LogP contribution in [0.3, 0.4) is 0 Å². The number of hydrogen-bond acceptors (Lipinski definition) is 4. The normalized spacial score (nSPS) is 10.2. The van der Waals surface area contributed by atoms with Crippen molar-refractivity contribution < 1.29 is 18.7 Å². The van der Waals surface area contributed by atoms with Crippen molar-refractivity contribution in [3.05, 3.63) is 53.5 Å². The molecule has 1 heterocycles. The van der Waals surface area contributed by atoms with E-state index in [9.17, 15) is 9.59 Å². The van der Waals surface area contributed by atoms with Crippen molar-refractivity contribution in [3.63, 3.8) is 0 Å². The molecule has 2 rings (SSSR count). The maximum atomic E-state index is 11.7. The number of ether oxygens (including phenoxy) is 1. The number of amides is 2. The number of para-hydroxylation sites is 1. The minimum atomic E-state index is -0.255. The molecule has 0 fully saturated rings. The highest BCUT2D eigenvalue weighted by molar-refractivity contribution is 5.94. The Morgan fingerprint density at radius 3 is 2.50 bits per heavy atom. The second-order valence-electron chi connectivity index (χ2n) is 5.44. The maximum absolute atomic E-state index is 11.7. The van der Waals surface area contributed by atoms with Crippen LogP contribution in [-0.4, -0.2) is 31.5 Å². The molecule has 24 heavy (non-hydrogen) atoms. The molecular weight excluding hydrogens is 308 g/mol. The van der Waals surface area contributed by atoms with Crippen LogP contribution < -0.4 is 15.4 Å². The monoisotopic (exact) mass is 330 g/mol. The van der Waals surface area contributed by atoms with Crippen LogP contribution >= 0.6 is 0 Å².